The van der Waals surface area contributed by atoms with Gasteiger partial charge in [-0.25, -0.2) is 9.37 Å². The number of halogens is 1. The van der Waals surface area contributed by atoms with Gasteiger partial charge in [-0.05, 0) is 55.3 Å². The first-order valence-electron chi connectivity index (χ1n) is 8.25. The molecule has 1 N–H and O–H groups in total. The van der Waals surface area contributed by atoms with Gasteiger partial charge in [0, 0.05) is 10.9 Å². The van der Waals surface area contributed by atoms with Gasteiger partial charge in [-0.3, -0.25) is 10.1 Å². The number of methoxy groups -OCH3 is 1. The van der Waals surface area contributed by atoms with Crippen molar-refractivity contribution in [3.63, 3.8) is 0 Å². The SMILES string of the molecule is COc1ccc(-c2csc(NC(=O)COc3cc(C)cc(C)c3)n2)cc1F. The number of aromatic nitrogens is 1. The number of rotatable bonds is 6. The number of hydrogen-bond donors (Lipinski definition) is 1. The van der Waals surface area contributed by atoms with E-state index in [1.807, 2.05) is 32.0 Å². The van der Waals surface area contributed by atoms with Crippen molar-refractivity contribution in [2.75, 3.05) is 19.0 Å². The third-order valence-corrected chi connectivity index (χ3v) is 4.52. The van der Waals surface area contributed by atoms with Crippen LogP contribution in [-0.4, -0.2) is 24.6 Å². The molecule has 0 radical (unpaired) electrons. The van der Waals surface area contributed by atoms with Crippen LogP contribution in [0, 0.1) is 19.7 Å². The molecular weight excluding hydrogens is 367 g/mol. The number of hydrogen-bond acceptors (Lipinski definition) is 5. The van der Waals surface area contributed by atoms with Gasteiger partial charge in [0.1, 0.15) is 5.75 Å². The van der Waals surface area contributed by atoms with Crippen LogP contribution < -0.4 is 14.8 Å². The van der Waals surface area contributed by atoms with E-state index in [1.54, 1.807) is 17.5 Å². The summed E-state index contributed by atoms with van der Waals surface area (Å²) in [5, 5.41) is 4.87. The molecular formula is C20H19FN2O3S. The molecule has 0 atom stereocenters. The Morgan fingerprint density at radius 1 is 1.19 bits per heavy atom. The summed E-state index contributed by atoms with van der Waals surface area (Å²) in [5.41, 5.74) is 3.33. The average molecular weight is 386 g/mol. The van der Waals surface area contributed by atoms with Crippen LogP contribution in [0.1, 0.15) is 11.1 Å². The summed E-state index contributed by atoms with van der Waals surface area (Å²) >= 11 is 1.26. The van der Waals surface area contributed by atoms with Crippen LogP contribution in [0.3, 0.4) is 0 Å². The minimum Gasteiger partial charge on any atom is -0.494 e. The van der Waals surface area contributed by atoms with E-state index in [0.29, 0.717) is 22.1 Å². The number of aryl methyl sites for hydroxylation is 2. The topological polar surface area (TPSA) is 60.5 Å². The molecule has 2 aromatic carbocycles. The molecule has 3 aromatic rings. The highest BCUT2D eigenvalue weighted by molar-refractivity contribution is 7.14. The van der Waals surface area contributed by atoms with Crippen molar-refractivity contribution in [3.05, 3.63) is 58.7 Å². The molecule has 0 saturated carbocycles. The van der Waals surface area contributed by atoms with Crippen LogP contribution in [-0.2, 0) is 4.79 Å². The summed E-state index contributed by atoms with van der Waals surface area (Å²) in [6.45, 7) is 3.83. The summed E-state index contributed by atoms with van der Waals surface area (Å²) < 4.78 is 24.3. The predicted octanol–water partition coefficient (Wildman–Crippen LogP) is 4.59. The number of carbonyl (C=O) groups is 1. The molecule has 5 nitrogen and oxygen atoms in total. The normalized spacial score (nSPS) is 10.5. The van der Waals surface area contributed by atoms with Crippen molar-refractivity contribution >= 4 is 22.4 Å². The Kier molecular flexibility index (Phi) is 5.71. The van der Waals surface area contributed by atoms with Gasteiger partial charge in [0.05, 0.1) is 12.8 Å². The summed E-state index contributed by atoms with van der Waals surface area (Å²) in [6.07, 6.45) is 0. The number of amides is 1. The third kappa shape index (κ3) is 4.83. The molecule has 3 rings (SSSR count). The van der Waals surface area contributed by atoms with E-state index in [0.717, 1.165) is 11.1 Å². The zero-order valence-corrected chi connectivity index (χ0v) is 16.0. The Labute approximate surface area is 160 Å². The zero-order valence-electron chi connectivity index (χ0n) is 15.2. The van der Waals surface area contributed by atoms with Gasteiger partial charge < -0.3 is 9.47 Å². The molecule has 7 heteroatoms. The van der Waals surface area contributed by atoms with Gasteiger partial charge in [0.2, 0.25) is 0 Å². The van der Waals surface area contributed by atoms with E-state index >= 15 is 0 Å². The van der Waals surface area contributed by atoms with Gasteiger partial charge in [0.15, 0.2) is 23.3 Å². The molecule has 0 bridgehead atoms. The molecule has 0 unspecified atom stereocenters. The van der Waals surface area contributed by atoms with Crippen molar-refractivity contribution in [3.8, 4) is 22.8 Å². The Bertz CT molecular complexity index is 951. The monoisotopic (exact) mass is 386 g/mol. The molecule has 140 valence electrons. The Morgan fingerprint density at radius 3 is 2.59 bits per heavy atom. The summed E-state index contributed by atoms with van der Waals surface area (Å²) in [5.74, 6) is 0.0497. The van der Waals surface area contributed by atoms with Crippen molar-refractivity contribution < 1.29 is 18.7 Å². The maximum absolute atomic E-state index is 13.8. The van der Waals surface area contributed by atoms with Crippen LogP contribution >= 0.6 is 11.3 Å². The summed E-state index contributed by atoms with van der Waals surface area (Å²) in [7, 11) is 1.41. The van der Waals surface area contributed by atoms with Crippen LogP contribution in [0.2, 0.25) is 0 Å². The largest absolute Gasteiger partial charge is 0.494 e. The third-order valence-electron chi connectivity index (χ3n) is 3.76. The standard InChI is InChI=1S/C20H19FN2O3S/c1-12-6-13(2)8-15(7-12)26-10-19(24)23-20-22-17(11-27-20)14-4-5-18(25-3)16(21)9-14/h4-9,11H,10H2,1-3H3,(H,22,23,24). The lowest BCUT2D eigenvalue weighted by Crippen LogP contribution is -2.20. The van der Waals surface area contributed by atoms with E-state index in [2.05, 4.69) is 10.3 Å². The van der Waals surface area contributed by atoms with Crippen LogP contribution in [0.25, 0.3) is 11.3 Å². The van der Waals surface area contributed by atoms with E-state index in [-0.39, 0.29) is 18.3 Å². The van der Waals surface area contributed by atoms with Gasteiger partial charge in [-0.15, -0.1) is 11.3 Å². The summed E-state index contributed by atoms with van der Waals surface area (Å²) in [4.78, 5) is 16.4. The first-order valence-corrected chi connectivity index (χ1v) is 9.13. The maximum atomic E-state index is 13.8. The lowest BCUT2D eigenvalue weighted by molar-refractivity contribution is -0.118. The van der Waals surface area contributed by atoms with Gasteiger partial charge in [-0.2, -0.15) is 0 Å². The Balaban J connectivity index is 1.61. The van der Waals surface area contributed by atoms with Gasteiger partial charge >= 0.3 is 0 Å². The fraction of sp³-hybridized carbons (Fsp3) is 0.200. The minimum atomic E-state index is -0.463. The first-order chi connectivity index (χ1) is 12.9. The summed E-state index contributed by atoms with van der Waals surface area (Å²) in [6, 6.07) is 10.4. The fourth-order valence-electron chi connectivity index (χ4n) is 2.61. The van der Waals surface area contributed by atoms with Crippen molar-refractivity contribution in [2.24, 2.45) is 0 Å². The molecule has 0 spiro atoms. The highest BCUT2D eigenvalue weighted by atomic mass is 32.1. The van der Waals surface area contributed by atoms with Crippen LogP contribution in [0.4, 0.5) is 9.52 Å². The number of benzene rings is 2. The molecule has 27 heavy (non-hydrogen) atoms. The second kappa shape index (κ2) is 8.18. The number of nitrogens with one attached hydrogen (secondary N) is 1. The van der Waals surface area contributed by atoms with E-state index in [1.165, 1.54) is 24.5 Å². The number of ether oxygens (including phenoxy) is 2. The second-order valence-electron chi connectivity index (χ2n) is 6.05. The van der Waals surface area contributed by atoms with Crippen molar-refractivity contribution in [2.45, 2.75) is 13.8 Å². The predicted molar refractivity (Wildman–Crippen MR) is 104 cm³/mol. The Morgan fingerprint density at radius 2 is 1.93 bits per heavy atom. The number of carbonyl (C=O) groups excluding carboxylic acids is 1. The lowest BCUT2D eigenvalue weighted by Gasteiger charge is -2.07. The molecule has 0 aliphatic rings. The molecule has 1 amide bonds. The first kappa shape index (κ1) is 18.8. The van der Waals surface area contributed by atoms with Crippen LogP contribution in [0.5, 0.6) is 11.5 Å². The molecule has 1 aromatic heterocycles. The lowest BCUT2D eigenvalue weighted by atomic mass is 10.1. The Hall–Kier alpha value is -2.93. The van der Waals surface area contributed by atoms with E-state index in [4.69, 9.17) is 9.47 Å². The molecule has 1 heterocycles. The highest BCUT2D eigenvalue weighted by Crippen LogP contribution is 2.28. The molecule has 0 saturated heterocycles. The smallest absolute Gasteiger partial charge is 0.264 e. The molecule has 0 aliphatic heterocycles. The second-order valence-corrected chi connectivity index (χ2v) is 6.91. The van der Waals surface area contributed by atoms with Gasteiger partial charge in [-0.1, -0.05) is 6.07 Å². The maximum Gasteiger partial charge on any atom is 0.264 e. The van der Waals surface area contributed by atoms with E-state index < -0.39 is 5.82 Å². The molecule has 0 aliphatic carbocycles. The minimum absolute atomic E-state index is 0.116. The quantitative estimate of drug-likeness (QED) is 0.673. The van der Waals surface area contributed by atoms with E-state index in [9.17, 15) is 9.18 Å². The van der Waals surface area contributed by atoms with Crippen LogP contribution in [0.15, 0.2) is 41.8 Å². The van der Waals surface area contributed by atoms with Gasteiger partial charge in [0.25, 0.3) is 5.91 Å². The van der Waals surface area contributed by atoms with Crippen molar-refractivity contribution in [1.82, 2.24) is 4.98 Å². The van der Waals surface area contributed by atoms with Crippen molar-refractivity contribution in [1.29, 1.82) is 0 Å². The fourth-order valence-corrected chi connectivity index (χ4v) is 3.35. The number of anilines is 1. The average Bonchev–Trinajstić information content (AvgIpc) is 3.07. The highest BCUT2D eigenvalue weighted by Gasteiger charge is 2.11. The zero-order chi connectivity index (χ0) is 19.4. The number of thiazole rings is 1. The number of nitrogens with zero attached hydrogens (tertiary/aromatic N) is 1. The molecule has 0 fully saturated rings.